The first-order valence-electron chi connectivity index (χ1n) is 6.90. The van der Waals surface area contributed by atoms with Crippen molar-refractivity contribution in [1.82, 2.24) is 24.1 Å². The Hall–Kier alpha value is -2.25. The summed E-state index contributed by atoms with van der Waals surface area (Å²) in [6.45, 7) is 2.82. The summed E-state index contributed by atoms with van der Waals surface area (Å²) in [7, 11) is 0. The van der Waals surface area contributed by atoms with E-state index in [1.807, 2.05) is 33.7 Å². The van der Waals surface area contributed by atoms with E-state index in [0.717, 1.165) is 23.6 Å². The normalized spacial score (nSPS) is 17.4. The van der Waals surface area contributed by atoms with Gasteiger partial charge in [-0.1, -0.05) is 0 Å². The van der Waals surface area contributed by atoms with Gasteiger partial charge in [-0.15, -0.1) is 0 Å². The van der Waals surface area contributed by atoms with E-state index in [1.54, 1.807) is 12.7 Å². The predicted molar refractivity (Wildman–Crippen MR) is 75.2 cm³/mol. The quantitative estimate of drug-likeness (QED) is 0.500. The van der Waals surface area contributed by atoms with Crippen LogP contribution in [0, 0.1) is 0 Å². The fourth-order valence-electron chi connectivity index (χ4n) is 2.24. The SMILES string of the molecule is c1ccn(-c2ncnc3c2ncn3CCOCC2CO2)c1. The van der Waals surface area contributed by atoms with Gasteiger partial charge in [-0.05, 0) is 12.1 Å². The molecule has 1 aliphatic rings. The van der Waals surface area contributed by atoms with E-state index in [2.05, 4.69) is 15.0 Å². The smallest absolute Gasteiger partial charge is 0.168 e. The van der Waals surface area contributed by atoms with Gasteiger partial charge < -0.3 is 18.6 Å². The molecule has 4 rings (SSSR count). The molecule has 0 saturated carbocycles. The lowest BCUT2D eigenvalue weighted by Crippen LogP contribution is -2.09. The monoisotopic (exact) mass is 285 g/mol. The van der Waals surface area contributed by atoms with Crippen LogP contribution in [-0.2, 0) is 16.0 Å². The summed E-state index contributed by atoms with van der Waals surface area (Å²) >= 11 is 0. The Kier molecular flexibility index (Phi) is 3.13. The number of epoxide rings is 1. The van der Waals surface area contributed by atoms with Crippen LogP contribution in [0.2, 0.25) is 0 Å². The molecule has 0 radical (unpaired) electrons. The van der Waals surface area contributed by atoms with Gasteiger partial charge in [0.15, 0.2) is 17.0 Å². The van der Waals surface area contributed by atoms with Gasteiger partial charge in [0, 0.05) is 18.9 Å². The summed E-state index contributed by atoms with van der Waals surface area (Å²) in [6, 6.07) is 3.91. The molecule has 0 bridgehead atoms. The highest BCUT2D eigenvalue weighted by Gasteiger charge is 2.22. The molecular formula is C14H15N5O2. The molecule has 1 unspecified atom stereocenters. The third-order valence-corrected chi connectivity index (χ3v) is 3.41. The molecule has 1 saturated heterocycles. The molecule has 1 aliphatic heterocycles. The Bertz CT molecular complexity index is 733. The molecule has 0 aromatic carbocycles. The summed E-state index contributed by atoms with van der Waals surface area (Å²) in [5.41, 5.74) is 1.61. The van der Waals surface area contributed by atoms with E-state index in [4.69, 9.17) is 9.47 Å². The molecule has 4 heterocycles. The second-order valence-corrected chi connectivity index (χ2v) is 4.93. The molecule has 0 aliphatic carbocycles. The van der Waals surface area contributed by atoms with Gasteiger partial charge in [-0.3, -0.25) is 0 Å². The van der Waals surface area contributed by atoms with Crippen molar-refractivity contribution >= 4 is 11.2 Å². The summed E-state index contributed by atoms with van der Waals surface area (Å²) in [6.07, 6.45) is 7.53. The minimum absolute atomic E-state index is 0.298. The Morgan fingerprint density at radius 2 is 2.10 bits per heavy atom. The lowest BCUT2D eigenvalue weighted by molar-refractivity contribution is 0.110. The predicted octanol–water partition coefficient (Wildman–Crippen LogP) is 1.03. The molecule has 7 heteroatoms. The Balaban J connectivity index is 1.55. The number of rotatable bonds is 6. The average Bonchev–Trinajstić information content (AvgIpc) is 3.02. The first-order valence-corrected chi connectivity index (χ1v) is 6.90. The van der Waals surface area contributed by atoms with Gasteiger partial charge in [0.2, 0.25) is 0 Å². The molecule has 0 N–H and O–H groups in total. The molecular weight excluding hydrogens is 270 g/mol. The van der Waals surface area contributed by atoms with Gasteiger partial charge in [0.05, 0.1) is 26.1 Å². The lowest BCUT2D eigenvalue weighted by atomic mass is 10.4. The van der Waals surface area contributed by atoms with Crippen LogP contribution >= 0.6 is 0 Å². The van der Waals surface area contributed by atoms with Crippen molar-refractivity contribution in [3.05, 3.63) is 37.2 Å². The third-order valence-electron chi connectivity index (χ3n) is 3.41. The van der Waals surface area contributed by atoms with Crippen LogP contribution in [-0.4, -0.2) is 50.0 Å². The number of nitrogens with zero attached hydrogens (tertiary/aromatic N) is 5. The molecule has 7 nitrogen and oxygen atoms in total. The van der Waals surface area contributed by atoms with Crippen LogP contribution < -0.4 is 0 Å². The van der Waals surface area contributed by atoms with Crippen LogP contribution in [0.1, 0.15) is 0 Å². The van der Waals surface area contributed by atoms with Crippen LogP contribution in [0.25, 0.3) is 17.0 Å². The number of aromatic nitrogens is 5. The first-order chi connectivity index (χ1) is 10.4. The summed E-state index contributed by atoms with van der Waals surface area (Å²) in [5, 5.41) is 0. The van der Waals surface area contributed by atoms with Gasteiger partial charge >= 0.3 is 0 Å². The van der Waals surface area contributed by atoms with E-state index in [0.29, 0.717) is 25.9 Å². The van der Waals surface area contributed by atoms with E-state index < -0.39 is 0 Å². The van der Waals surface area contributed by atoms with Crippen molar-refractivity contribution in [3.63, 3.8) is 0 Å². The molecule has 3 aromatic heterocycles. The van der Waals surface area contributed by atoms with Gasteiger partial charge in [-0.2, -0.15) is 0 Å². The van der Waals surface area contributed by atoms with Crippen LogP contribution in [0.3, 0.4) is 0 Å². The largest absolute Gasteiger partial charge is 0.377 e. The molecule has 108 valence electrons. The Labute approximate surface area is 121 Å². The van der Waals surface area contributed by atoms with E-state index >= 15 is 0 Å². The van der Waals surface area contributed by atoms with Crippen molar-refractivity contribution in [2.24, 2.45) is 0 Å². The molecule has 3 aromatic rings. The number of fused-ring (bicyclic) bond motifs is 1. The minimum atomic E-state index is 0.298. The number of ether oxygens (including phenoxy) is 2. The van der Waals surface area contributed by atoms with Crippen LogP contribution in [0.5, 0.6) is 0 Å². The molecule has 21 heavy (non-hydrogen) atoms. The van der Waals surface area contributed by atoms with Gasteiger partial charge in [-0.25, -0.2) is 15.0 Å². The van der Waals surface area contributed by atoms with E-state index in [1.165, 1.54) is 0 Å². The third kappa shape index (κ3) is 2.53. The lowest BCUT2D eigenvalue weighted by Gasteiger charge is -2.05. The molecule has 1 atom stereocenters. The molecule has 1 fully saturated rings. The van der Waals surface area contributed by atoms with E-state index in [9.17, 15) is 0 Å². The topological polar surface area (TPSA) is 70.3 Å². The first kappa shape index (κ1) is 12.5. The molecule has 0 amide bonds. The standard InChI is InChI=1S/C14H15N5O2/c1-2-4-18(3-1)13-12-14(16-9-15-13)19(10-17-12)5-6-20-7-11-8-21-11/h1-4,9-11H,5-8H2. The maximum Gasteiger partial charge on any atom is 0.168 e. The summed E-state index contributed by atoms with van der Waals surface area (Å²) in [5.74, 6) is 0.788. The fourth-order valence-corrected chi connectivity index (χ4v) is 2.24. The second kappa shape index (κ2) is 5.27. The van der Waals surface area contributed by atoms with Crippen molar-refractivity contribution in [2.75, 3.05) is 19.8 Å². The maximum atomic E-state index is 5.56. The Morgan fingerprint density at radius 1 is 1.24 bits per heavy atom. The summed E-state index contributed by atoms with van der Waals surface area (Å²) in [4.78, 5) is 13.1. The van der Waals surface area contributed by atoms with Crippen molar-refractivity contribution < 1.29 is 9.47 Å². The Morgan fingerprint density at radius 3 is 2.90 bits per heavy atom. The number of hydrogen-bond donors (Lipinski definition) is 0. The maximum absolute atomic E-state index is 5.56. The average molecular weight is 285 g/mol. The van der Waals surface area contributed by atoms with Crippen LogP contribution in [0.15, 0.2) is 37.2 Å². The second-order valence-electron chi connectivity index (χ2n) is 4.93. The van der Waals surface area contributed by atoms with Crippen LogP contribution in [0.4, 0.5) is 0 Å². The highest BCUT2D eigenvalue weighted by molar-refractivity contribution is 5.78. The number of imidazole rings is 1. The van der Waals surface area contributed by atoms with Crippen molar-refractivity contribution in [2.45, 2.75) is 12.6 Å². The highest BCUT2D eigenvalue weighted by Crippen LogP contribution is 2.17. The zero-order valence-electron chi connectivity index (χ0n) is 11.4. The van der Waals surface area contributed by atoms with Gasteiger partial charge in [0.1, 0.15) is 12.4 Å². The zero-order chi connectivity index (χ0) is 14.1. The minimum Gasteiger partial charge on any atom is -0.377 e. The zero-order valence-corrected chi connectivity index (χ0v) is 11.4. The highest BCUT2D eigenvalue weighted by atomic mass is 16.6. The van der Waals surface area contributed by atoms with E-state index in [-0.39, 0.29) is 0 Å². The fraction of sp³-hybridized carbons (Fsp3) is 0.357. The summed E-state index contributed by atoms with van der Waals surface area (Å²) < 4.78 is 14.6. The number of hydrogen-bond acceptors (Lipinski definition) is 5. The molecule has 0 spiro atoms. The van der Waals surface area contributed by atoms with Gasteiger partial charge in [0.25, 0.3) is 0 Å². The van der Waals surface area contributed by atoms with Crippen molar-refractivity contribution in [1.29, 1.82) is 0 Å². The van der Waals surface area contributed by atoms with Crippen molar-refractivity contribution in [3.8, 4) is 5.82 Å².